The number of carbonyl (C=O) groups is 1. The number of hydrogen-bond acceptors (Lipinski definition) is 5. The highest BCUT2D eigenvalue weighted by molar-refractivity contribution is 5.93. The van der Waals surface area contributed by atoms with E-state index in [9.17, 15) is 4.79 Å². The van der Waals surface area contributed by atoms with Crippen molar-refractivity contribution in [2.45, 2.75) is 13.5 Å². The molecule has 0 fully saturated rings. The van der Waals surface area contributed by atoms with Crippen LogP contribution in [-0.2, 0) is 6.54 Å². The topological polar surface area (TPSA) is 80.9 Å². The average Bonchev–Trinajstić information content (AvgIpc) is 2.73. The first kappa shape index (κ1) is 10.3. The Kier molecular flexibility index (Phi) is 2.90. The van der Waals surface area contributed by atoms with Crippen LogP contribution in [0.4, 0.5) is 0 Å². The maximum atomic E-state index is 11.6. The Balaban J connectivity index is 1.94. The SMILES string of the molecule is Cc1nc(CNC(=O)c2cccnc2)no1. The highest BCUT2D eigenvalue weighted by Gasteiger charge is 2.07. The third-order valence-electron chi connectivity index (χ3n) is 1.90. The molecule has 2 aromatic heterocycles. The predicted molar refractivity (Wildman–Crippen MR) is 54.4 cm³/mol. The lowest BCUT2D eigenvalue weighted by Crippen LogP contribution is -2.23. The van der Waals surface area contributed by atoms with Crippen molar-refractivity contribution in [3.05, 3.63) is 41.8 Å². The molecule has 0 radical (unpaired) electrons. The lowest BCUT2D eigenvalue weighted by atomic mass is 10.3. The van der Waals surface area contributed by atoms with Crippen LogP contribution in [0.2, 0.25) is 0 Å². The summed E-state index contributed by atoms with van der Waals surface area (Å²) in [6, 6.07) is 3.39. The molecule has 6 heteroatoms. The maximum absolute atomic E-state index is 11.6. The molecular formula is C10H10N4O2. The third kappa shape index (κ3) is 2.41. The van der Waals surface area contributed by atoms with Gasteiger partial charge in [0.25, 0.3) is 5.91 Å². The van der Waals surface area contributed by atoms with Gasteiger partial charge in [-0.25, -0.2) is 0 Å². The second kappa shape index (κ2) is 4.52. The van der Waals surface area contributed by atoms with E-state index in [1.165, 1.54) is 6.20 Å². The van der Waals surface area contributed by atoms with Gasteiger partial charge in [0.2, 0.25) is 5.89 Å². The highest BCUT2D eigenvalue weighted by atomic mass is 16.5. The van der Waals surface area contributed by atoms with Crippen LogP contribution in [0.1, 0.15) is 22.1 Å². The van der Waals surface area contributed by atoms with Crippen molar-refractivity contribution < 1.29 is 9.32 Å². The van der Waals surface area contributed by atoms with Gasteiger partial charge in [-0.05, 0) is 12.1 Å². The van der Waals surface area contributed by atoms with Gasteiger partial charge in [0.05, 0.1) is 12.1 Å². The zero-order chi connectivity index (χ0) is 11.4. The summed E-state index contributed by atoms with van der Waals surface area (Å²) >= 11 is 0. The molecule has 1 amide bonds. The molecule has 2 aromatic rings. The largest absolute Gasteiger partial charge is 0.345 e. The molecular weight excluding hydrogens is 208 g/mol. The van der Waals surface area contributed by atoms with Crippen molar-refractivity contribution in [2.75, 3.05) is 0 Å². The van der Waals surface area contributed by atoms with Crippen LogP contribution in [0, 0.1) is 6.92 Å². The van der Waals surface area contributed by atoms with Gasteiger partial charge in [0.1, 0.15) is 0 Å². The number of hydrogen-bond donors (Lipinski definition) is 1. The third-order valence-corrected chi connectivity index (χ3v) is 1.90. The molecule has 0 aliphatic rings. The van der Waals surface area contributed by atoms with Gasteiger partial charge in [0, 0.05) is 19.3 Å². The number of aromatic nitrogens is 3. The van der Waals surface area contributed by atoms with Crippen LogP contribution in [-0.4, -0.2) is 21.0 Å². The van der Waals surface area contributed by atoms with Crippen molar-refractivity contribution in [3.63, 3.8) is 0 Å². The van der Waals surface area contributed by atoms with E-state index in [-0.39, 0.29) is 12.5 Å². The van der Waals surface area contributed by atoms with Gasteiger partial charge in [-0.2, -0.15) is 4.98 Å². The molecule has 0 atom stereocenters. The van der Waals surface area contributed by atoms with E-state index in [0.717, 1.165) is 0 Å². The first-order valence-electron chi connectivity index (χ1n) is 4.73. The Hall–Kier alpha value is -2.24. The summed E-state index contributed by atoms with van der Waals surface area (Å²) < 4.78 is 4.78. The van der Waals surface area contributed by atoms with Crippen LogP contribution in [0.25, 0.3) is 0 Å². The normalized spacial score (nSPS) is 10.1. The molecule has 0 unspecified atom stereocenters. The minimum atomic E-state index is -0.212. The van der Waals surface area contributed by atoms with Gasteiger partial charge in [-0.1, -0.05) is 5.16 Å². The molecule has 0 bridgehead atoms. The van der Waals surface area contributed by atoms with Crippen molar-refractivity contribution in [2.24, 2.45) is 0 Å². The summed E-state index contributed by atoms with van der Waals surface area (Å²) in [6.07, 6.45) is 3.11. The Labute approximate surface area is 91.7 Å². The minimum absolute atomic E-state index is 0.212. The minimum Gasteiger partial charge on any atom is -0.345 e. The van der Waals surface area contributed by atoms with E-state index in [1.807, 2.05) is 0 Å². The number of nitrogens with zero attached hydrogens (tertiary/aromatic N) is 3. The number of carbonyl (C=O) groups excluding carboxylic acids is 1. The van der Waals surface area contributed by atoms with E-state index < -0.39 is 0 Å². The molecule has 2 rings (SSSR count). The summed E-state index contributed by atoms with van der Waals surface area (Å²) in [4.78, 5) is 19.4. The second-order valence-electron chi connectivity index (χ2n) is 3.15. The lowest BCUT2D eigenvalue weighted by molar-refractivity contribution is 0.0949. The van der Waals surface area contributed by atoms with Gasteiger partial charge < -0.3 is 9.84 Å². The summed E-state index contributed by atoms with van der Waals surface area (Å²) in [6.45, 7) is 1.94. The van der Waals surface area contributed by atoms with Crippen molar-refractivity contribution >= 4 is 5.91 Å². The predicted octanol–water partition coefficient (Wildman–Crippen LogP) is 0.703. The standard InChI is InChI=1S/C10H10N4O2/c1-7-13-9(14-16-7)6-12-10(15)8-3-2-4-11-5-8/h2-5H,6H2,1H3,(H,12,15). The summed E-state index contributed by atoms with van der Waals surface area (Å²) in [5.74, 6) is 0.718. The Morgan fingerprint density at radius 2 is 2.44 bits per heavy atom. The van der Waals surface area contributed by atoms with Crippen molar-refractivity contribution in [3.8, 4) is 0 Å². The van der Waals surface area contributed by atoms with Gasteiger partial charge in [-0.3, -0.25) is 9.78 Å². The number of amides is 1. The van der Waals surface area contributed by atoms with Gasteiger partial charge in [-0.15, -0.1) is 0 Å². The van der Waals surface area contributed by atoms with Crippen LogP contribution in [0.15, 0.2) is 29.0 Å². The average molecular weight is 218 g/mol. The molecule has 0 saturated heterocycles. The molecule has 0 aliphatic carbocycles. The monoisotopic (exact) mass is 218 g/mol. The Morgan fingerprint density at radius 3 is 3.06 bits per heavy atom. The van der Waals surface area contributed by atoms with Gasteiger partial charge >= 0.3 is 0 Å². The van der Waals surface area contributed by atoms with E-state index in [0.29, 0.717) is 17.3 Å². The molecule has 0 spiro atoms. The molecule has 0 saturated carbocycles. The first-order chi connectivity index (χ1) is 7.75. The van der Waals surface area contributed by atoms with Crippen LogP contribution in [0.5, 0.6) is 0 Å². The number of pyridine rings is 1. The zero-order valence-corrected chi connectivity index (χ0v) is 8.67. The Bertz CT molecular complexity index is 481. The zero-order valence-electron chi connectivity index (χ0n) is 8.67. The maximum Gasteiger partial charge on any atom is 0.253 e. The Morgan fingerprint density at radius 1 is 1.56 bits per heavy atom. The van der Waals surface area contributed by atoms with Crippen molar-refractivity contribution in [1.82, 2.24) is 20.4 Å². The highest BCUT2D eigenvalue weighted by Crippen LogP contribution is 1.97. The van der Waals surface area contributed by atoms with Gasteiger partial charge in [0.15, 0.2) is 5.82 Å². The van der Waals surface area contributed by atoms with Crippen LogP contribution < -0.4 is 5.32 Å². The molecule has 1 N–H and O–H groups in total. The number of aryl methyl sites for hydroxylation is 1. The summed E-state index contributed by atoms with van der Waals surface area (Å²) in [7, 11) is 0. The molecule has 82 valence electrons. The van der Waals surface area contributed by atoms with Crippen molar-refractivity contribution in [1.29, 1.82) is 0 Å². The van der Waals surface area contributed by atoms with Crippen LogP contribution in [0.3, 0.4) is 0 Å². The van der Waals surface area contributed by atoms with E-state index in [2.05, 4.69) is 20.4 Å². The molecule has 16 heavy (non-hydrogen) atoms. The second-order valence-corrected chi connectivity index (χ2v) is 3.15. The number of rotatable bonds is 3. The fourth-order valence-electron chi connectivity index (χ4n) is 1.17. The summed E-state index contributed by atoms with van der Waals surface area (Å²) in [5.41, 5.74) is 0.503. The quantitative estimate of drug-likeness (QED) is 0.820. The first-order valence-corrected chi connectivity index (χ1v) is 4.73. The van der Waals surface area contributed by atoms with E-state index in [4.69, 9.17) is 4.52 Å². The van der Waals surface area contributed by atoms with Crippen LogP contribution >= 0.6 is 0 Å². The van der Waals surface area contributed by atoms with E-state index >= 15 is 0 Å². The fourth-order valence-corrected chi connectivity index (χ4v) is 1.17. The van der Waals surface area contributed by atoms with E-state index in [1.54, 1.807) is 25.3 Å². The lowest BCUT2D eigenvalue weighted by Gasteiger charge is -2.00. The molecule has 0 aliphatic heterocycles. The number of nitrogens with one attached hydrogen (secondary N) is 1. The molecule has 6 nitrogen and oxygen atoms in total. The smallest absolute Gasteiger partial charge is 0.253 e. The summed E-state index contributed by atoms with van der Waals surface area (Å²) in [5, 5.41) is 6.33. The molecule has 2 heterocycles. The fraction of sp³-hybridized carbons (Fsp3) is 0.200. The molecule has 0 aromatic carbocycles.